The normalized spacial score (nSPS) is 14.5. The van der Waals surface area contributed by atoms with Gasteiger partial charge in [-0.25, -0.2) is 0 Å². The summed E-state index contributed by atoms with van der Waals surface area (Å²) in [6, 6.07) is 19.1. The van der Waals surface area contributed by atoms with Gasteiger partial charge in [0.1, 0.15) is 6.61 Å². The second-order valence-electron chi connectivity index (χ2n) is 7.88. The monoisotopic (exact) mass is 490 g/mol. The summed E-state index contributed by atoms with van der Waals surface area (Å²) in [5, 5.41) is 10.4. The highest BCUT2D eigenvalue weighted by Crippen LogP contribution is 2.35. The number of non-ortho nitro benzene ring substituents is 1. The lowest BCUT2D eigenvalue weighted by Gasteiger charge is -2.12. The zero-order valence-corrected chi connectivity index (χ0v) is 19.9. The standard InChI is InChI=1S/C26H22N2O6S/c1-17-4-3-5-20(12-17)16-34-22-11-8-19(13-23(22)33-2)14-24-25(29)27(26(30)35-24)15-18-6-9-21(10-7-18)28(31)32/h3-14H,15-16H2,1-2H3/b24-14-. The molecule has 0 N–H and O–H groups in total. The fourth-order valence-electron chi connectivity index (χ4n) is 3.55. The van der Waals surface area contributed by atoms with Crippen molar-refractivity contribution >= 4 is 34.7 Å². The van der Waals surface area contributed by atoms with E-state index in [0.717, 1.165) is 27.8 Å². The minimum absolute atomic E-state index is 0.0368. The average molecular weight is 491 g/mol. The van der Waals surface area contributed by atoms with Crippen LogP contribution in [0.25, 0.3) is 6.08 Å². The number of aryl methyl sites for hydroxylation is 1. The van der Waals surface area contributed by atoms with Crippen LogP contribution in [0, 0.1) is 17.0 Å². The summed E-state index contributed by atoms with van der Waals surface area (Å²) < 4.78 is 11.4. The van der Waals surface area contributed by atoms with Crippen molar-refractivity contribution in [3.05, 3.63) is 104 Å². The Morgan fingerprint density at radius 1 is 1.00 bits per heavy atom. The second-order valence-corrected chi connectivity index (χ2v) is 8.87. The third-order valence-corrected chi connectivity index (χ3v) is 6.23. The number of hydrogen-bond acceptors (Lipinski definition) is 7. The number of ether oxygens (including phenoxy) is 2. The molecule has 0 saturated carbocycles. The Balaban J connectivity index is 1.47. The van der Waals surface area contributed by atoms with Crippen LogP contribution in [0.1, 0.15) is 22.3 Å². The number of carbonyl (C=O) groups is 2. The zero-order valence-electron chi connectivity index (χ0n) is 19.1. The number of hydrogen-bond donors (Lipinski definition) is 0. The van der Waals surface area contributed by atoms with Crippen LogP contribution in [0.2, 0.25) is 0 Å². The number of thioether (sulfide) groups is 1. The van der Waals surface area contributed by atoms with Crippen molar-refractivity contribution in [2.45, 2.75) is 20.1 Å². The first kappa shape index (κ1) is 24.0. The Morgan fingerprint density at radius 3 is 2.46 bits per heavy atom. The molecule has 35 heavy (non-hydrogen) atoms. The number of imide groups is 1. The molecule has 0 unspecified atom stereocenters. The summed E-state index contributed by atoms with van der Waals surface area (Å²) in [5.41, 5.74) is 3.44. The Bertz CT molecular complexity index is 1320. The molecule has 3 aromatic carbocycles. The Labute approximate surface area is 206 Å². The van der Waals surface area contributed by atoms with E-state index in [-0.39, 0.29) is 17.1 Å². The first-order valence-electron chi connectivity index (χ1n) is 10.7. The maximum atomic E-state index is 12.9. The molecular weight excluding hydrogens is 468 g/mol. The topological polar surface area (TPSA) is 99.0 Å². The van der Waals surface area contributed by atoms with Crippen molar-refractivity contribution in [3.8, 4) is 11.5 Å². The minimum atomic E-state index is -0.500. The summed E-state index contributed by atoms with van der Waals surface area (Å²) in [6.07, 6.45) is 1.63. The molecule has 0 aromatic heterocycles. The van der Waals surface area contributed by atoms with Gasteiger partial charge in [0.15, 0.2) is 11.5 Å². The van der Waals surface area contributed by atoms with Gasteiger partial charge in [-0.1, -0.05) is 48.0 Å². The molecule has 3 aromatic rings. The van der Waals surface area contributed by atoms with E-state index in [4.69, 9.17) is 9.47 Å². The maximum Gasteiger partial charge on any atom is 0.293 e. The molecule has 178 valence electrons. The molecule has 4 rings (SSSR count). The average Bonchev–Trinajstić information content (AvgIpc) is 3.10. The lowest BCUT2D eigenvalue weighted by Crippen LogP contribution is -2.27. The van der Waals surface area contributed by atoms with E-state index in [0.29, 0.717) is 29.2 Å². The van der Waals surface area contributed by atoms with E-state index in [1.54, 1.807) is 24.3 Å². The smallest absolute Gasteiger partial charge is 0.293 e. The van der Waals surface area contributed by atoms with Gasteiger partial charge in [0.05, 0.1) is 23.5 Å². The van der Waals surface area contributed by atoms with E-state index >= 15 is 0 Å². The van der Waals surface area contributed by atoms with Crippen LogP contribution in [-0.4, -0.2) is 28.1 Å². The van der Waals surface area contributed by atoms with Crippen LogP contribution < -0.4 is 9.47 Å². The zero-order chi connectivity index (χ0) is 24.9. The number of benzene rings is 3. The van der Waals surface area contributed by atoms with Crippen LogP contribution in [0.15, 0.2) is 71.6 Å². The van der Waals surface area contributed by atoms with Gasteiger partial charge in [0.2, 0.25) is 0 Å². The summed E-state index contributed by atoms with van der Waals surface area (Å²) in [6.45, 7) is 2.44. The third-order valence-electron chi connectivity index (χ3n) is 5.32. The molecule has 8 nitrogen and oxygen atoms in total. The van der Waals surface area contributed by atoms with Crippen LogP contribution in [0.3, 0.4) is 0 Å². The number of amides is 2. The van der Waals surface area contributed by atoms with Crippen molar-refractivity contribution in [2.24, 2.45) is 0 Å². The van der Waals surface area contributed by atoms with Crippen molar-refractivity contribution < 1.29 is 24.0 Å². The van der Waals surface area contributed by atoms with Gasteiger partial charge < -0.3 is 9.47 Å². The van der Waals surface area contributed by atoms with E-state index < -0.39 is 16.1 Å². The highest BCUT2D eigenvalue weighted by Gasteiger charge is 2.35. The second kappa shape index (κ2) is 10.4. The number of nitrogens with zero attached hydrogens (tertiary/aromatic N) is 2. The predicted octanol–water partition coefficient (Wildman–Crippen LogP) is 5.73. The Morgan fingerprint density at radius 2 is 1.77 bits per heavy atom. The minimum Gasteiger partial charge on any atom is -0.493 e. The van der Waals surface area contributed by atoms with Gasteiger partial charge in [-0.05, 0) is 53.6 Å². The summed E-state index contributed by atoms with van der Waals surface area (Å²) in [4.78, 5) is 37.0. The molecule has 1 aliphatic rings. The SMILES string of the molecule is COc1cc(/C=C2\SC(=O)N(Cc3ccc([N+](=O)[O-])cc3)C2=O)ccc1OCc1cccc(C)c1. The van der Waals surface area contributed by atoms with Gasteiger partial charge in [-0.3, -0.25) is 24.6 Å². The number of nitro benzene ring substituents is 1. The summed E-state index contributed by atoms with van der Waals surface area (Å²) in [7, 11) is 1.54. The lowest BCUT2D eigenvalue weighted by atomic mass is 10.1. The number of nitro groups is 1. The molecule has 0 aliphatic carbocycles. The molecule has 1 aliphatic heterocycles. The van der Waals surface area contributed by atoms with Crippen LogP contribution >= 0.6 is 11.8 Å². The molecule has 0 radical (unpaired) electrons. The largest absolute Gasteiger partial charge is 0.493 e. The first-order valence-corrected chi connectivity index (χ1v) is 11.5. The van der Waals surface area contributed by atoms with Gasteiger partial charge in [0.25, 0.3) is 16.8 Å². The molecule has 1 fully saturated rings. The molecule has 9 heteroatoms. The van der Waals surface area contributed by atoms with Crippen molar-refractivity contribution in [1.29, 1.82) is 0 Å². The molecule has 1 saturated heterocycles. The molecule has 2 amide bonds. The quantitative estimate of drug-likeness (QED) is 0.226. The fourth-order valence-corrected chi connectivity index (χ4v) is 4.39. The van der Waals surface area contributed by atoms with Gasteiger partial charge in [-0.2, -0.15) is 0 Å². The van der Waals surface area contributed by atoms with E-state index in [1.807, 2.05) is 31.2 Å². The van der Waals surface area contributed by atoms with Crippen LogP contribution in [-0.2, 0) is 17.9 Å². The van der Waals surface area contributed by atoms with Crippen LogP contribution in [0.4, 0.5) is 10.5 Å². The number of rotatable bonds is 8. The lowest BCUT2D eigenvalue weighted by molar-refractivity contribution is -0.384. The molecule has 0 spiro atoms. The fraction of sp³-hybridized carbons (Fsp3) is 0.154. The first-order chi connectivity index (χ1) is 16.8. The predicted molar refractivity (Wildman–Crippen MR) is 133 cm³/mol. The summed E-state index contributed by atoms with van der Waals surface area (Å²) in [5.74, 6) is 0.658. The van der Waals surface area contributed by atoms with E-state index in [9.17, 15) is 19.7 Å². The van der Waals surface area contributed by atoms with Gasteiger partial charge in [0, 0.05) is 12.1 Å². The third kappa shape index (κ3) is 5.70. The Kier molecular flexibility index (Phi) is 7.17. The van der Waals surface area contributed by atoms with Crippen LogP contribution in [0.5, 0.6) is 11.5 Å². The molecule has 0 atom stereocenters. The molecule has 1 heterocycles. The van der Waals surface area contributed by atoms with Gasteiger partial charge >= 0.3 is 0 Å². The maximum absolute atomic E-state index is 12.9. The highest BCUT2D eigenvalue weighted by atomic mass is 32.2. The highest BCUT2D eigenvalue weighted by molar-refractivity contribution is 8.18. The van der Waals surface area contributed by atoms with E-state index in [2.05, 4.69) is 0 Å². The van der Waals surface area contributed by atoms with Gasteiger partial charge in [-0.15, -0.1) is 0 Å². The molecule has 0 bridgehead atoms. The molecular formula is C26H22N2O6S. The number of methoxy groups -OCH3 is 1. The van der Waals surface area contributed by atoms with Crippen molar-refractivity contribution in [1.82, 2.24) is 4.90 Å². The van der Waals surface area contributed by atoms with Crippen molar-refractivity contribution in [3.63, 3.8) is 0 Å². The summed E-state index contributed by atoms with van der Waals surface area (Å²) >= 11 is 0.849. The number of carbonyl (C=O) groups excluding carboxylic acids is 2. The Hall–Kier alpha value is -4.11. The van der Waals surface area contributed by atoms with Crippen molar-refractivity contribution in [2.75, 3.05) is 7.11 Å². The van der Waals surface area contributed by atoms with E-state index in [1.165, 1.54) is 31.4 Å².